The fourth-order valence-electron chi connectivity index (χ4n) is 3.91. The second-order valence-electron chi connectivity index (χ2n) is 6.66. The molecule has 0 aromatic carbocycles. The van der Waals surface area contributed by atoms with Crippen LogP contribution in [0, 0.1) is 12.8 Å². The zero-order valence-electron chi connectivity index (χ0n) is 14.9. The molecule has 2 aliphatic rings. The number of likely N-dealkylation sites (tertiary alicyclic amines) is 2. The molecule has 0 bridgehead atoms. The van der Waals surface area contributed by atoms with Gasteiger partial charge in [-0.2, -0.15) is 0 Å². The summed E-state index contributed by atoms with van der Waals surface area (Å²) in [7, 11) is 0. The van der Waals surface area contributed by atoms with E-state index < -0.39 is 0 Å². The van der Waals surface area contributed by atoms with Crippen LogP contribution in [-0.4, -0.2) is 58.8 Å². The van der Waals surface area contributed by atoms with Gasteiger partial charge in [-0.05, 0) is 32.1 Å². The van der Waals surface area contributed by atoms with Crippen molar-refractivity contribution >= 4 is 35.6 Å². The molecule has 0 radical (unpaired) electrons. The first-order chi connectivity index (χ1) is 11.5. The number of carbonyl (C=O) groups excluding carboxylic acids is 2. The van der Waals surface area contributed by atoms with E-state index in [0.29, 0.717) is 32.0 Å². The summed E-state index contributed by atoms with van der Waals surface area (Å²) in [4.78, 5) is 34.2. The zero-order valence-corrected chi connectivity index (χ0v) is 16.5. The maximum absolute atomic E-state index is 12.9. The van der Waals surface area contributed by atoms with E-state index in [1.165, 1.54) is 11.3 Å². The minimum atomic E-state index is 0. The van der Waals surface area contributed by atoms with Gasteiger partial charge in [0, 0.05) is 38.6 Å². The van der Waals surface area contributed by atoms with Crippen LogP contribution < -0.4 is 5.73 Å². The van der Waals surface area contributed by atoms with Crippen molar-refractivity contribution in [1.82, 2.24) is 14.8 Å². The third-order valence-corrected chi connectivity index (χ3v) is 6.43. The van der Waals surface area contributed by atoms with Crippen molar-refractivity contribution in [3.8, 4) is 0 Å². The summed E-state index contributed by atoms with van der Waals surface area (Å²) in [5.74, 6) is 0.684. The highest BCUT2D eigenvalue weighted by atomic mass is 35.5. The lowest BCUT2D eigenvalue weighted by atomic mass is 9.83. The Morgan fingerprint density at radius 3 is 2.80 bits per heavy atom. The zero-order chi connectivity index (χ0) is 17.3. The molecule has 0 saturated carbocycles. The van der Waals surface area contributed by atoms with Crippen molar-refractivity contribution in [2.24, 2.45) is 11.7 Å². The molecule has 0 spiro atoms. The molecule has 140 valence electrons. The molecule has 2 N–H and O–H groups in total. The molecule has 0 aliphatic carbocycles. The van der Waals surface area contributed by atoms with Crippen LogP contribution in [0.5, 0.6) is 0 Å². The molecule has 1 aromatic rings. The molecule has 3 rings (SSSR count). The maximum Gasteiger partial charge on any atom is 0.265 e. The molecule has 6 nitrogen and oxygen atoms in total. The molecular formula is C17H27ClN4O2S. The summed E-state index contributed by atoms with van der Waals surface area (Å²) in [6.45, 7) is 6.53. The summed E-state index contributed by atoms with van der Waals surface area (Å²) in [5, 5.41) is 1.02. The predicted octanol–water partition coefficient (Wildman–Crippen LogP) is 1.85. The molecule has 2 atom stereocenters. The maximum atomic E-state index is 12.9. The van der Waals surface area contributed by atoms with Crippen LogP contribution in [0.1, 0.15) is 46.6 Å². The van der Waals surface area contributed by atoms with Crippen molar-refractivity contribution in [3.05, 3.63) is 15.6 Å². The number of nitrogens with two attached hydrogens (primary N) is 1. The SMILES string of the molecule is CCc1nc(C)c(C(=O)N2CC[C@@H]3[C@@H](CCC(=O)N3CCN)C2)s1.Cl. The van der Waals surface area contributed by atoms with E-state index in [0.717, 1.165) is 41.4 Å². The lowest BCUT2D eigenvalue weighted by Crippen LogP contribution is -2.57. The summed E-state index contributed by atoms with van der Waals surface area (Å²) in [6.07, 6.45) is 3.15. The fraction of sp³-hybridized carbons (Fsp3) is 0.706. The molecular weight excluding hydrogens is 360 g/mol. The number of amides is 2. The largest absolute Gasteiger partial charge is 0.338 e. The molecule has 2 amide bonds. The normalized spacial score (nSPS) is 23.2. The van der Waals surface area contributed by atoms with Crippen molar-refractivity contribution in [2.75, 3.05) is 26.2 Å². The van der Waals surface area contributed by atoms with Crippen LogP contribution in [0.25, 0.3) is 0 Å². The van der Waals surface area contributed by atoms with Crippen molar-refractivity contribution in [3.63, 3.8) is 0 Å². The number of hydrogen-bond acceptors (Lipinski definition) is 5. The van der Waals surface area contributed by atoms with Gasteiger partial charge in [0.2, 0.25) is 5.91 Å². The van der Waals surface area contributed by atoms with E-state index >= 15 is 0 Å². The van der Waals surface area contributed by atoms with E-state index in [1.807, 2.05) is 16.7 Å². The average molecular weight is 387 g/mol. The van der Waals surface area contributed by atoms with Crippen LogP contribution >= 0.6 is 23.7 Å². The lowest BCUT2D eigenvalue weighted by molar-refractivity contribution is -0.140. The topological polar surface area (TPSA) is 79.5 Å². The highest BCUT2D eigenvalue weighted by Crippen LogP contribution is 2.32. The molecule has 0 unspecified atom stereocenters. The van der Waals surface area contributed by atoms with E-state index in [9.17, 15) is 9.59 Å². The molecule has 8 heteroatoms. The van der Waals surface area contributed by atoms with Crippen LogP contribution in [-0.2, 0) is 11.2 Å². The number of rotatable bonds is 4. The Morgan fingerprint density at radius 2 is 2.16 bits per heavy atom. The van der Waals surface area contributed by atoms with E-state index in [2.05, 4.69) is 11.9 Å². The first-order valence-electron chi connectivity index (χ1n) is 8.80. The predicted molar refractivity (Wildman–Crippen MR) is 101 cm³/mol. The van der Waals surface area contributed by atoms with Gasteiger partial charge in [-0.3, -0.25) is 9.59 Å². The molecule has 2 aliphatic heterocycles. The third-order valence-electron chi connectivity index (χ3n) is 5.14. The van der Waals surface area contributed by atoms with E-state index in [-0.39, 0.29) is 30.3 Å². The summed E-state index contributed by atoms with van der Waals surface area (Å²) < 4.78 is 0. The van der Waals surface area contributed by atoms with E-state index in [1.54, 1.807) is 0 Å². The van der Waals surface area contributed by atoms with Gasteiger partial charge in [-0.15, -0.1) is 23.7 Å². The van der Waals surface area contributed by atoms with Gasteiger partial charge in [-0.1, -0.05) is 6.92 Å². The number of nitrogens with zero attached hydrogens (tertiary/aromatic N) is 3. The standard InChI is InChI=1S/C17H26N4O2S.ClH/c1-3-14-19-11(2)16(24-14)17(23)20-8-6-13-12(10-20)4-5-15(22)21(13)9-7-18;/h12-13H,3-10,18H2,1-2H3;1H/t12-,13+;/m0./s1. The second-order valence-corrected chi connectivity index (χ2v) is 7.74. The van der Waals surface area contributed by atoms with Crippen LogP contribution in [0.15, 0.2) is 0 Å². The molecule has 1 aromatic heterocycles. The number of carbonyl (C=O) groups is 2. The number of fused-ring (bicyclic) bond motifs is 1. The highest BCUT2D eigenvalue weighted by Gasteiger charge is 2.40. The lowest BCUT2D eigenvalue weighted by Gasteiger charge is -2.47. The Bertz CT molecular complexity index is 636. The number of aromatic nitrogens is 1. The van der Waals surface area contributed by atoms with Crippen LogP contribution in [0.2, 0.25) is 0 Å². The summed E-state index contributed by atoms with van der Waals surface area (Å²) in [6, 6.07) is 0.243. The van der Waals surface area contributed by atoms with Gasteiger partial charge in [0.15, 0.2) is 0 Å². The first kappa shape index (κ1) is 20.1. The van der Waals surface area contributed by atoms with Crippen molar-refractivity contribution in [1.29, 1.82) is 0 Å². The molecule has 25 heavy (non-hydrogen) atoms. The van der Waals surface area contributed by atoms with Crippen LogP contribution in [0.3, 0.4) is 0 Å². The Balaban J connectivity index is 0.00000225. The molecule has 2 saturated heterocycles. The first-order valence-corrected chi connectivity index (χ1v) is 9.61. The number of halogens is 1. The summed E-state index contributed by atoms with van der Waals surface area (Å²) in [5.41, 5.74) is 6.50. The van der Waals surface area contributed by atoms with Crippen molar-refractivity contribution < 1.29 is 9.59 Å². The minimum absolute atomic E-state index is 0. The van der Waals surface area contributed by atoms with Gasteiger partial charge in [-0.25, -0.2) is 4.98 Å². The average Bonchev–Trinajstić information content (AvgIpc) is 2.97. The number of aryl methyl sites for hydroxylation is 2. The second kappa shape index (κ2) is 8.47. The monoisotopic (exact) mass is 386 g/mol. The van der Waals surface area contributed by atoms with Gasteiger partial charge < -0.3 is 15.5 Å². The van der Waals surface area contributed by atoms with Gasteiger partial charge in [0.05, 0.1) is 10.7 Å². The van der Waals surface area contributed by atoms with Crippen molar-refractivity contribution in [2.45, 2.75) is 45.6 Å². The number of thiazole rings is 1. The quantitative estimate of drug-likeness (QED) is 0.856. The molecule has 2 fully saturated rings. The van der Waals surface area contributed by atoms with E-state index in [4.69, 9.17) is 5.73 Å². The Hall–Kier alpha value is -1.18. The fourth-order valence-corrected chi connectivity index (χ4v) is 4.88. The molecule has 3 heterocycles. The van der Waals surface area contributed by atoms with Gasteiger partial charge >= 0.3 is 0 Å². The number of piperidine rings is 2. The Morgan fingerprint density at radius 1 is 1.40 bits per heavy atom. The van der Waals surface area contributed by atoms with Gasteiger partial charge in [0.25, 0.3) is 5.91 Å². The number of hydrogen-bond donors (Lipinski definition) is 1. The Kier molecular flexibility index (Phi) is 6.82. The van der Waals surface area contributed by atoms with Crippen LogP contribution in [0.4, 0.5) is 0 Å². The van der Waals surface area contributed by atoms with Gasteiger partial charge in [0.1, 0.15) is 4.88 Å². The summed E-state index contributed by atoms with van der Waals surface area (Å²) >= 11 is 1.52. The third kappa shape index (κ3) is 3.99. The minimum Gasteiger partial charge on any atom is -0.338 e. The smallest absolute Gasteiger partial charge is 0.265 e. The highest BCUT2D eigenvalue weighted by molar-refractivity contribution is 7.13. The Labute approximate surface area is 159 Å².